The van der Waals surface area contributed by atoms with Gasteiger partial charge in [0.25, 0.3) is 11.6 Å². The predicted molar refractivity (Wildman–Crippen MR) is 112 cm³/mol. The lowest BCUT2D eigenvalue weighted by Crippen LogP contribution is -2.91. The van der Waals surface area contributed by atoms with Crippen molar-refractivity contribution in [2.75, 3.05) is 12.4 Å². The Morgan fingerprint density at radius 3 is 2.55 bits per heavy atom. The van der Waals surface area contributed by atoms with E-state index in [1.165, 1.54) is 30.7 Å². The van der Waals surface area contributed by atoms with Gasteiger partial charge in [0.1, 0.15) is 11.8 Å². The number of nitro groups is 1. The summed E-state index contributed by atoms with van der Waals surface area (Å²) >= 11 is 0. The molecule has 1 amide bonds. The maximum Gasteiger partial charge on any atom is 0.282 e. The van der Waals surface area contributed by atoms with Crippen molar-refractivity contribution in [2.45, 2.75) is 25.9 Å². The number of benzene rings is 3. The largest absolute Gasteiger partial charge is 0.494 e. The standard InChI is InChI=1S/C22H23N3O4/c1-14(18-10-6-8-16-7-4-5-9-19(16)18)23-15(2)22(26)24-20-12-11-17(25(27)28)13-21(20)29-3/h4-15,23H,1-3H3,(H,24,26)/p+1/t14-,15+/m0/s1. The number of nitro benzene ring substituents is 1. The number of hydrogen-bond acceptors (Lipinski definition) is 4. The van der Waals surface area contributed by atoms with Crippen molar-refractivity contribution in [1.29, 1.82) is 0 Å². The summed E-state index contributed by atoms with van der Waals surface area (Å²) in [6, 6.07) is 18.2. The number of nitrogens with zero attached hydrogens (tertiary/aromatic N) is 1. The Morgan fingerprint density at radius 1 is 1.10 bits per heavy atom. The van der Waals surface area contributed by atoms with Crippen LogP contribution in [0.4, 0.5) is 11.4 Å². The van der Waals surface area contributed by atoms with Gasteiger partial charge < -0.3 is 15.4 Å². The molecule has 0 aliphatic rings. The van der Waals surface area contributed by atoms with Crippen molar-refractivity contribution in [2.24, 2.45) is 0 Å². The second-order valence-electron chi connectivity index (χ2n) is 6.97. The number of nitrogens with one attached hydrogen (secondary N) is 1. The lowest BCUT2D eigenvalue weighted by Gasteiger charge is -2.19. The third-order valence-corrected chi connectivity index (χ3v) is 4.96. The van der Waals surface area contributed by atoms with E-state index in [9.17, 15) is 14.9 Å². The number of rotatable bonds is 7. The average molecular weight is 394 g/mol. The smallest absolute Gasteiger partial charge is 0.282 e. The number of carbonyl (C=O) groups excluding carboxylic acids is 1. The SMILES string of the molecule is COc1cc([N+](=O)[O-])ccc1NC(=O)[C@@H](C)[NH2+][C@@H](C)c1cccc2ccccc12. The van der Waals surface area contributed by atoms with Crippen LogP contribution in [0.25, 0.3) is 10.8 Å². The van der Waals surface area contributed by atoms with Crippen molar-refractivity contribution in [3.63, 3.8) is 0 Å². The zero-order valence-electron chi connectivity index (χ0n) is 16.6. The zero-order chi connectivity index (χ0) is 21.0. The molecule has 7 heteroatoms. The van der Waals surface area contributed by atoms with Crippen LogP contribution in [0.2, 0.25) is 0 Å². The molecule has 150 valence electrons. The first-order chi connectivity index (χ1) is 13.9. The number of non-ortho nitro benzene ring substituents is 1. The van der Waals surface area contributed by atoms with Gasteiger partial charge in [0.05, 0.1) is 23.8 Å². The summed E-state index contributed by atoms with van der Waals surface area (Å²) in [5.74, 6) is 0.0473. The first-order valence-corrected chi connectivity index (χ1v) is 9.36. The van der Waals surface area contributed by atoms with Gasteiger partial charge in [0.15, 0.2) is 6.04 Å². The number of methoxy groups -OCH3 is 1. The normalized spacial score (nSPS) is 12.9. The molecule has 0 aromatic heterocycles. The summed E-state index contributed by atoms with van der Waals surface area (Å²) in [5, 5.41) is 18.1. The van der Waals surface area contributed by atoms with Crippen molar-refractivity contribution < 1.29 is 19.8 Å². The maximum absolute atomic E-state index is 12.7. The van der Waals surface area contributed by atoms with E-state index < -0.39 is 4.92 Å². The van der Waals surface area contributed by atoms with Gasteiger partial charge in [-0.1, -0.05) is 42.5 Å². The second-order valence-corrected chi connectivity index (χ2v) is 6.97. The van der Waals surface area contributed by atoms with Crippen LogP contribution in [0.15, 0.2) is 60.7 Å². The molecule has 3 N–H and O–H groups in total. The fourth-order valence-electron chi connectivity index (χ4n) is 3.41. The molecule has 0 saturated heterocycles. The lowest BCUT2D eigenvalue weighted by atomic mass is 9.99. The molecule has 0 bridgehead atoms. The summed E-state index contributed by atoms with van der Waals surface area (Å²) in [4.78, 5) is 23.1. The molecule has 0 saturated carbocycles. The van der Waals surface area contributed by atoms with E-state index in [-0.39, 0.29) is 29.4 Å². The first kappa shape index (κ1) is 20.3. The minimum absolute atomic E-state index is 0.0700. The molecule has 0 unspecified atom stereocenters. The topological polar surface area (TPSA) is 98.1 Å². The van der Waals surface area contributed by atoms with Gasteiger partial charge in [-0.05, 0) is 30.7 Å². The molecule has 0 radical (unpaired) electrons. The molecule has 0 spiro atoms. The Hall–Kier alpha value is -3.45. The molecule has 3 rings (SSSR count). The van der Waals surface area contributed by atoms with Crippen molar-refractivity contribution in [3.05, 3.63) is 76.3 Å². The number of hydrogen-bond donors (Lipinski definition) is 2. The minimum Gasteiger partial charge on any atom is -0.494 e. The van der Waals surface area contributed by atoms with Crippen molar-refractivity contribution in [3.8, 4) is 5.75 Å². The van der Waals surface area contributed by atoms with E-state index in [0.717, 1.165) is 10.9 Å². The number of quaternary nitrogens is 1. The molecule has 0 aliphatic heterocycles. The molecule has 29 heavy (non-hydrogen) atoms. The van der Waals surface area contributed by atoms with Crippen LogP contribution in [0.1, 0.15) is 25.5 Å². The van der Waals surface area contributed by atoms with E-state index in [4.69, 9.17) is 4.74 Å². The highest BCUT2D eigenvalue weighted by Gasteiger charge is 2.23. The Kier molecular flexibility index (Phi) is 6.09. The first-order valence-electron chi connectivity index (χ1n) is 9.36. The van der Waals surface area contributed by atoms with Crippen LogP contribution in [0.3, 0.4) is 0 Å². The molecular formula is C22H24N3O4+. The second kappa shape index (κ2) is 8.70. The van der Waals surface area contributed by atoms with Gasteiger partial charge in [-0.25, -0.2) is 0 Å². The number of amides is 1. The number of nitrogens with two attached hydrogens (primary N) is 1. The molecular weight excluding hydrogens is 370 g/mol. The summed E-state index contributed by atoms with van der Waals surface area (Å²) < 4.78 is 5.19. The average Bonchev–Trinajstić information content (AvgIpc) is 2.73. The number of fused-ring (bicyclic) bond motifs is 1. The van der Waals surface area contributed by atoms with Gasteiger partial charge in [-0.3, -0.25) is 14.9 Å². The highest BCUT2D eigenvalue weighted by molar-refractivity contribution is 5.95. The van der Waals surface area contributed by atoms with Gasteiger partial charge in [0, 0.05) is 11.6 Å². The Labute approximate surface area is 168 Å². The van der Waals surface area contributed by atoms with E-state index >= 15 is 0 Å². The fourth-order valence-corrected chi connectivity index (χ4v) is 3.41. The molecule has 0 aliphatic carbocycles. The zero-order valence-corrected chi connectivity index (χ0v) is 16.6. The van der Waals surface area contributed by atoms with Gasteiger partial charge in [0.2, 0.25) is 0 Å². The maximum atomic E-state index is 12.7. The highest BCUT2D eigenvalue weighted by Crippen LogP contribution is 2.29. The quantitative estimate of drug-likeness (QED) is 0.474. The predicted octanol–water partition coefficient (Wildman–Crippen LogP) is 3.41. The van der Waals surface area contributed by atoms with Crippen molar-refractivity contribution >= 4 is 28.1 Å². The third kappa shape index (κ3) is 4.52. The summed E-state index contributed by atoms with van der Waals surface area (Å²) in [6.07, 6.45) is 0. The van der Waals surface area contributed by atoms with E-state index in [2.05, 4.69) is 36.5 Å². The van der Waals surface area contributed by atoms with Crippen LogP contribution in [0.5, 0.6) is 5.75 Å². The van der Waals surface area contributed by atoms with Crippen LogP contribution < -0.4 is 15.4 Å². The van der Waals surface area contributed by atoms with Crippen molar-refractivity contribution in [1.82, 2.24) is 0 Å². The van der Waals surface area contributed by atoms with E-state index in [1.807, 2.05) is 30.4 Å². The lowest BCUT2D eigenvalue weighted by molar-refractivity contribution is -0.709. The van der Waals surface area contributed by atoms with E-state index in [0.29, 0.717) is 5.69 Å². The van der Waals surface area contributed by atoms with E-state index in [1.54, 1.807) is 0 Å². The fraction of sp³-hybridized carbons (Fsp3) is 0.227. The van der Waals surface area contributed by atoms with Crippen LogP contribution >= 0.6 is 0 Å². The van der Waals surface area contributed by atoms with Crippen LogP contribution in [0, 0.1) is 10.1 Å². The third-order valence-electron chi connectivity index (χ3n) is 4.96. The monoisotopic (exact) mass is 394 g/mol. The molecule has 2 atom stereocenters. The molecule has 3 aromatic carbocycles. The number of anilines is 1. The Bertz CT molecular complexity index is 1050. The molecule has 0 fully saturated rings. The summed E-state index contributed by atoms with van der Waals surface area (Å²) in [6.45, 7) is 3.90. The summed E-state index contributed by atoms with van der Waals surface area (Å²) in [7, 11) is 1.41. The Balaban J connectivity index is 1.73. The van der Waals surface area contributed by atoms with Gasteiger partial charge in [-0.15, -0.1) is 0 Å². The molecule has 0 heterocycles. The number of ether oxygens (including phenoxy) is 1. The highest BCUT2D eigenvalue weighted by atomic mass is 16.6. The minimum atomic E-state index is -0.504. The Morgan fingerprint density at radius 2 is 1.83 bits per heavy atom. The summed E-state index contributed by atoms with van der Waals surface area (Å²) in [5.41, 5.74) is 1.47. The van der Waals surface area contributed by atoms with Gasteiger partial charge >= 0.3 is 0 Å². The van der Waals surface area contributed by atoms with Crippen LogP contribution in [-0.2, 0) is 4.79 Å². The van der Waals surface area contributed by atoms with Crippen LogP contribution in [-0.4, -0.2) is 24.0 Å². The molecule has 7 nitrogen and oxygen atoms in total. The molecule has 3 aromatic rings. The van der Waals surface area contributed by atoms with Gasteiger partial charge in [-0.2, -0.15) is 0 Å². The number of carbonyl (C=O) groups is 1.